The fraction of sp³-hybridized carbons (Fsp3) is 0.185. The number of rotatable bonds is 5. The second-order valence-corrected chi connectivity index (χ2v) is 8.18. The van der Waals surface area contributed by atoms with Crippen LogP contribution in [-0.2, 0) is 14.4 Å². The topological polar surface area (TPSA) is 59.1 Å². The van der Waals surface area contributed by atoms with Crippen LogP contribution in [0.4, 0.5) is 11.4 Å². The Hall–Kier alpha value is -3.90. The summed E-state index contributed by atoms with van der Waals surface area (Å²) < 4.78 is 5.23. The summed E-state index contributed by atoms with van der Waals surface area (Å²) in [7, 11) is 1.63. The number of aryl methyl sites for hydroxylation is 1. The van der Waals surface area contributed by atoms with Gasteiger partial charge in [0.25, 0.3) is 5.91 Å². The minimum Gasteiger partial charge on any atom is -0.497 e. The Labute approximate surface area is 192 Å². The number of ether oxygens (including phenoxy) is 1. The molecule has 3 aromatic carbocycles. The SMILES string of the molecule is COc1ccc(/C=C/C2[C@@H]3C(=O)N(c4ccc(C)cc4)C(=O)[C@@H]3ON2c2ccccc2)cc1. The maximum atomic E-state index is 13.5. The van der Waals surface area contributed by atoms with Gasteiger partial charge in [0.15, 0.2) is 6.10 Å². The van der Waals surface area contributed by atoms with Gasteiger partial charge in [-0.2, -0.15) is 0 Å². The van der Waals surface area contributed by atoms with Crippen molar-refractivity contribution in [2.75, 3.05) is 17.1 Å². The summed E-state index contributed by atoms with van der Waals surface area (Å²) in [5.74, 6) is -0.465. The van der Waals surface area contributed by atoms with E-state index < -0.39 is 18.1 Å². The van der Waals surface area contributed by atoms with Crippen LogP contribution in [-0.4, -0.2) is 31.1 Å². The lowest BCUT2D eigenvalue weighted by Gasteiger charge is -2.26. The Bertz CT molecular complexity index is 1190. The predicted molar refractivity (Wildman–Crippen MR) is 127 cm³/mol. The largest absolute Gasteiger partial charge is 0.497 e. The molecule has 0 saturated carbocycles. The highest BCUT2D eigenvalue weighted by molar-refractivity contribution is 6.24. The number of anilines is 2. The summed E-state index contributed by atoms with van der Waals surface area (Å²) in [5, 5.41) is 1.68. The third kappa shape index (κ3) is 3.79. The fourth-order valence-corrected chi connectivity index (χ4v) is 4.32. The van der Waals surface area contributed by atoms with Crippen molar-refractivity contribution in [1.29, 1.82) is 0 Å². The molecular formula is C27H24N2O4. The van der Waals surface area contributed by atoms with Crippen molar-refractivity contribution in [1.82, 2.24) is 0 Å². The molecule has 0 N–H and O–H groups in total. The Morgan fingerprint density at radius 2 is 1.55 bits per heavy atom. The molecular weight excluding hydrogens is 416 g/mol. The number of carbonyl (C=O) groups is 2. The molecule has 5 rings (SSSR count). The van der Waals surface area contributed by atoms with Gasteiger partial charge in [-0.15, -0.1) is 0 Å². The fourth-order valence-electron chi connectivity index (χ4n) is 4.32. The number of hydroxylamine groups is 1. The van der Waals surface area contributed by atoms with E-state index in [-0.39, 0.29) is 11.8 Å². The van der Waals surface area contributed by atoms with Crippen molar-refractivity contribution in [3.05, 3.63) is 96.1 Å². The second kappa shape index (κ2) is 8.56. The highest BCUT2D eigenvalue weighted by Crippen LogP contribution is 2.41. The molecule has 0 spiro atoms. The number of hydrogen-bond donors (Lipinski definition) is 0. The molecule has 2 fully saturated rings. The molecule has 2 saturated heterocycles. The first-order valence-electron chi connectivity index (χ1n) is 10.8. The number of hydrogen-bond acceptors (Lipinski definition) is 5. The zero-order valence-electron chi connectivity index (χ0n) is 18.4. The maximum Gasteiger partial charge on any atom is 0.266 e. The van der Waals surface area contributed by atoms with E-state index in [1.807, 2.05) is 85.8 Å². The van der Waals surface area contributed by atoms with E-state index in [2.05, 4.69) is 0 Å². The van der Waals surface area contributed by atoms with E-state index in [1.165, 1.54) is 4.90 Å². The van der Waals surface area contributed by atoms with Gasteiger partial charge in [0.05, 0.1) is 24.5 Å². The third-order valence-corrected chi connectivity index (χ3v) is 6.07. The zero-order chi connectivity index (χ0) is 22.9. The van der Waals surface area contributed by atoms with E-state index in [4.69, 9.17) is 9.57 Å². The third-order valence-electron chi connectivity index (χ3n) is 6.07. The van der Waals surface area contributed by atoms with E-state index in [0.717, 1.165) is 22.6 Å². The molecule has 0 radical (unpaired) electrons. The molecule has 3 atom stereocenters. The summed E-state index contributed by atoms with van der Waals surface area (Å²) in [5.41, 5.74) is 3.38. The number of methoxy groups -OCH3 is 1. The summed E-state index contributed by atoms with van der Waals surface area (Å²) in [6, 6.07) is 24.1. The molecule has 2 heterocycles. The van der Waals surface area contributed by atoms with Gasteiger partial charge in [0.2, 0.25) is 5.91 Å². The van der Waals surface area contributed by atoms with Crippen LogP contribution in [0.3, 0.4) is 0 Å². The predicted octanol–water partition coefficient (Wildman–Crippen LogP) is 4.40. The Morgan fingerprint density at radius 3 is 2.21 bits per heavy atom. The van der Waals surface area contributed by atoms with Crippen molar-refractivity contribution >= 4 is 29.3 Å². The molecule has 2 amide bonds. The first kappa shape index (κ1) is 21.0. The van der Waals surface area contributed by atoms with E-state index in [1.54, 1.807) is 24.3 Å². The Kier molecular flexibility index (Phi) is 5.44. The second-order valence-electron chi connectivity index (χ2n) is 8.18. The molecule has 2 aliphatic rings. The van der Waals surface area contributed by atoms with Crippen LogP contribution in [0.5, 0.6) is 5.75 Å². The monoisotopic (exact) mass is 440 g/mol. The van der Waals surface area contributed by atoms with Gasteiger partial charge in [0.1, 0.15) is 11.7 Å². The number of benzene rings is 3. The summed E-state index contributed by atoms with van der Waals surface area (Å²) >= 11 is 0. The number of para-hydroxylation sites is 1. The Balaban J connectivity index is 1.49. The van der Waals surface area contributed by atoms with Crippen LogP contribution in [0.15, 0.2) is 84.9 Å². The van der Waals surface area contributed by atoms with Crippen LogP contribution in [0.2, 0.25) is 0 Å². The first-order chi connectivity index (χ1) is 16.1. The van der Waals surface area contributed by atoms with Gasteiger partial charge in [-0.3, -0.25) is 14.4 Å². The zero-order valence-corrected chi connectivity index (χ0v) is 18.4. The lowest BCUT2D eigenvalue weighted by Crippen LogP contribution is -2.39. The number of nitrogens with zero attached hydrogens (tertiary/aromatic N) is 2. The summed E-state index contributed by atoms with van der Waals surface area (Å²) in [6.07, 6.45) is 3.01. The van der Waals surface area contributed by atoms with Crippen LogP contribution in [0.25, 0.3) is 6.08 Å². The smallest absolute Gasteiger partial charge is 0.266 e. The molecule has 0 bridgehead atoms. The van der Waals surface area contributed by atoms with Crippen LogP contribution in [0.1, 0.15) is 11.1 Å². The average Bonchev–Trinajstić information content (AvgIpc) is 3.35. The average molecular weight is 440 g/mol. The number of imide groups is 1. The van der Waals surface area contributed by atoms with Gasteiger partial charge in [-0.05, 0) is 48.9 Å². The maximum absolute atomic E-state index is 13.5. The molecule has 3 aromatic rings. The van der Waals surface area contributed by atoms with Gasteiger partial charge in [0, 0.05) is 0 Å². The lowest BCUT2D eigenvalue weighted by atomic mass is 9.95. The molecule has 1 unspecified atom stereocenters. The number of amides is 2. The standard InChI is InChI=1S/C27H24N2O4/c1-18-8-13-20(14-9-18)28-26(30)24-23(17-12-19-10-15-22(32-2)16-11-19)29(33-25(24)27(28)31)21-6-4-3-5-7-21/h3-17,23-25H,1-2H3/b17-12+/t23?,24-,25+/m0/s1. The van der Waals surface area contributed by atoms with Crippen LogP contribution in [0, 0.1) is 12.8 Å². The van der Waals surface area contributed by atoms with Crippen molar-refractivity contribution in [3.8, 4) is 5.75 Å². The molecule has 6 nitrogen and oxygen atoms in total. The molecule has 6 heteroatoms. The lowest BCUT2D eigenvalue weighted by molar-refractivity contribution is -0.126. The van der Waals surface area contributed by atoms with Crippen molar-refractivity contribution in [2.45, 2.75) is 19.1 Å². The number of fused-ring (bicyclic) bond motifs is 1. The van der Waals surface area contributed by atoms with Gasteiger partial charge in [-0.1, -0.05) is 60.2 Å². The number of carbonyl (C=O) groups excluding carboxylic acids is 2. The van der Waals surface area contributed by atoms with Crippen LogP contribution < -0.4 is 14.7 Å². The Morgan fingerprint density at radius 1 is 0.848 bits per heavy atom. The van der Waals surface area contributed by atoms with E-state index >= 15 is 0 Å². The quantitative estimate of drug-likeness (QED) is 0.551. The minimum absolute atomic E-state index is 0.253. The molecule has 33 heavy (non-hydrogen) atoms. The van der Waals surface area contributed by atoms with Crippen molar-refractivity contribution in [2.24, 2.45) is 5.92 Å². The highest BCUT2D eigenvalue weighted by Gasteiger charge is 2.59. The van der Waals surface area contributed by atoms with Gasteiger partial charge < -0.3 is 4.74 Å². The molecule has 2 aliphatic heterocycles. The molecule has 166 valence electrons. The normalized spacial score (nSPS) is 22.3. The highest BCUT2D eigenvalue weighted by atomic mass is 16.7. The van der Waals surface area contributed by atoms with Gasteiger partial charge >= 0.3 is 0 Å². The van der Waals surface area contributed by atoms with E-state index in [9.17, 15) is 9.59 Å². The summed E-state index contributed by atoms with van der Waals surface area (Å²) in [4.78, 5) is 34.2. The van der Waals surface area contributed by atoms with Crippen molar-refractivity contribution < 1.29 is 19.2 Å². The molecule has 0 aliphatic carbocycles. The minimum atomic E-state index is -0.871. The summed E-state index contributed by atoms with van der Waals surface area (Å²) in [6.45, 7) is 1.97. The van der Waals surface area contributed by atoms with Crippen molar-refractivity contribution in [3.63, 3.8) is 0 Å². The van der Waals surface area contributed by atoms with E-state index in [0.29, 0.717) is 5.69 Å². The first-order valence-corrected chi connectivity index (χ1v) is 10.8. The molecule has 0 aromatic heterocycles. The van der Waals surface area contributed by atoms with Crippen LogP contribution >= 0.6 is 0 Å². The van der Waals surface area contributed by atoms with Gasteiger partial charge in [-0.25, -0.2) is 9.96 Å².